The minimum Gasteiger partial charge on any atom is -0.396 e. The summed E-state index contributed by atoms with van der Waals surface area (Å²) in [4.78, 5) is 8.52. The van der Waals surface area contributed by atoms with Gasteiger partial charge in [0, 0.05) is 13.2 Å². The fourth-order valence-electron chi connectivity index (χ4n) is 1.15. The molecule has 0 saturated carbocycles. The van der Waals surface area contributed by atoms with Gasteiger partial charge >= 0.3 is 0 Å². The number of aliphatic hydroxyl groups is 1. The van der Waals surface area contributed by atoms with E-state index in [1.807, 2.05) is 20.8 Å². The van der Waals surface area contributed by atoms with Crippen molar-refractivity contribution in [2.24, 2.45) is 5.92 Å². The molecule has 0 amide bonds. The predicted molar refractivity (Wildman–Crippen MR) is 63.9 cm³/mol. The molecule has 4 nitrogen and oxygen atoms in total. The summed E-state index contributed by atoms with van der Waals surface area (Å²) in [5.41, 5.74) is 0.918. The molecule has 15 heavy (non-hydrogen) atoms. The van der Waals surface area contributed by atoms with E-state index in [-0.39, 0.29) is 12.5 Å². The minimum absolute atomic E-state index is 0.174. The minimum atomic E-state index is 0.174. The Morgan fingerprint density at radius 3 is 2.67 bits per heavy atom. The monoisotopic (exact) mass is 273 g/mol. The van der Waals surface area contributed by atoms with Gasteiger partial charge in [-0.25, -0.2) is 9.97 Å². The zero-order valence-corrected chi connectivity index (χ0v) is 10.8. The maximum Gasteiger partial charge on any atom is 0.144 e. The van der Waals surface area contributed by atoms with Gasteiger partial charge < -0.3 is 10.4 Å². The molecule has 0 aliphatic rings. The lowest BCUT2D eigenvalue weighted by molar-refractivity contribution is 0.244. The highest BCUT2D eigenvalue weighted by Gasteiger charge is 2.08. The van der Waals surface area contributed by atoms with Crippen LogP contribution in [-0.4, -0.2) is 28.2 Å². The third-order valence-corrected chi connectivity index (χ3v) is 3.01. The van der Waals surface area contributed by atoms with Gasteiger partial charge in [-0.2, -0.15) is 0 Å². The highest BCUT2D eigenvalue weighted by atomic mass is 79.9. The molecule has 0 aliphatic heterocycles. The van der Waals surface area contributed by atoms with Crippen LogP contribution in [0.3, 0.4) is 0 Å². The Bertz CT molecular complexity index is 344. The summed E-state index contributed by atoms with van der Waals surface area (Å²) in [6.07, 6.45) is 0. The molecule has 0 aromatic carbocycles. The molecule has 0 fully saturated rings. The number of hydrogen-bond donors (Lipinski definition) is 2. The van der Waals surface area contributed by atoms with Crippen LogP contribution < -0.4 is 5.32 Å². The smallest absolute Gasteiger partial charge is 0.144 e. The number of halogens is 1. The fraction of sp³-hybridized carbons (Fsp3) is 0.600. The first-order valence-electron chi connectivity index (χ1n) is 4.90. The van der Waals surface area contributed by atoms with Crippen molar-refractivity contribution in [2.45, 2.75) is 20.8 Å². The van der Waals surface area contributed by atoms with Gasteiger partial charge in [-0.05, 0) is 35.7 Å². The van der Waals surface area contributed by atoms with Crippen molar-refractivity contribution >= 4 is 21.7 Å². The summed E-state index contributed by atoms with van der Waals surface area (Å²) in [5, 5.41) is 12.1. The molecule has 1 unspecified atom stereocenters. The van der Waals surface area contributed by atoms with E-state index in [2.05, 4.69) is 31.2 Å². The van der Waals surface area contributed by atoms with Crippen LogP contribution in [0.15, 0.2) is 4.47 Å². The van der Waals surface area contributed by atoms with Crippen molar-refractivity contribution in [1.29, 1.82) is 0 Å². The molecule has 2 N–H and O–H groups in total. The molecular formula is C10H16BrN3O. The number of aliphatic hydroxyl groups excluding tert-OH is 1. The first-order chi connectivity index (χ1) is 7.04. The average Bonchev–Trinajstić information content (AvgIpc) is 2.20. The SMILES string of the molecule is Cc1nc(C)c(Br)c(NCC(C)CO)n1. The van der Waals surface area contributed by atoms with Gasteiger partial charge in [0.05, 0.1) is 10.2 Å². The zero-order chi connectivity index (χ0) is 11.4. The van der Waals surface area contributed by atoms with Crippen molar-refractivity contribution < 1.29 is 5.11 Å². The highest BCUT2D eigenvalue weighted by Crippen LogP contribution is 2.22. The van der Waals surface area contributed by atoms with E-state index < -0.39 is 0 Å². The molecule has 0 radical (unpaired) electrons. The lowest BCUT2D eigenvalue weighted by atomic mass is 10.2. The molecule has 5 heteroatoms. The normalized spacial score (nSPS) is 12.6. The summed E-state index contributed by atoms with van der Waals surface area (Å²) < 4.78 is 0.887. The van der Waals surface area contributed by atoms with E-state index in [0.29, 0.717) is 6.54 Å². The van der Waals surface area contributed by atoms with Gasteiger partial charge in [-0.15, -0.1) is 0 Å². The second kappa shape index (κ2) is 5.42. The number of aromatic nitrogens is 2. The maximum atomic E-state index is 8.91. The second-order valence-electron chi connectivity index (χ2n) is 3.69. The molecule has 84 valence electrons. The van der Waals surface area contributed by atoms with Crippen molar-refractivity contribution in [2.75, 3.05) is 18.5 Å². The third kappa shape index (κ3) is 3.43. The molecule has 1 atom stereocenters. The molecular weight excluding hydrogens is 258 g/mol. The van der Waals surface area contributed by atoms with Gasteiger partial charge in [-0.1, -0.05) is 6.92 Å². The molecule has 1 rings (SSSR count). The topological polar surface area (TPSA) is 58.0 Å². The van der Waals surface area contributed by atoms with Gasteiger partial charge in [0.1, 0.15) is 11.6 Å². The van der Waals surface area contributed by atoms with Crippen LogP contribution in [0.2, 0.25) is 0 Å². The van der Waals surface area contributed by atoms with Gasteiger partial charge in [0.25, 0.3) is 0 Å². The van der Waals surface area contributed by atoms with Crippen molar-refractivity contribution in [1.82, 2.24) is 9.97 Å². The number of nitrogens with one attached hydrogen (secondary N) is 1. The van der Waals surface area contributed by atoms with E-state index in [9.17, 15) is 0 Å². The molecule has 1 heterocycles. The van der Waals surface area contributed by atoms with E-state index >= 15 is 0 Å². The van der Waals surface area contributed by atoms with Crippen LogP contribution in [0.5, 0.6) is 0 Å². The van der Waals surface area contributed by atoms with Gasteiger partial charge in [-0.3, -0.25) is 0 Å². The Balaban J connectivity index is 2.76. The Labute approximate surface area is 98.3 Å². The van der Waals surface area contributed by atoms with Crippen LogP contribution in [0, 0.1) is 19.8 Å². The van der Waals surface area contributed by atoms with Crippen LogP contribution in [0.25, 0.3) is 0 Å². The number of rotatable bonds is 4. The first-order valence-corrected chi connectivity index (χ1v) is 5.69. The number of hydrogen-bond acceptors (Lipinski definition) is 4. The molecule has 0 aliphatic carbocycles. The summed E-state index contributed by atoms with van der Waals surface area (Å²) in [6.45, 7) is 6.64. The Morgan fingerprint density at radius 1 is 1.40 bits per heavy atom. The molecule has 1 aromatic heterocycles. The van der Waals surface area contributed by atoms with E-state index in [1.54, 1.807) is 0 Å². The van der Waals surface area contributed by atoms with Crippen molar-refractivity contribution in [3.05, 3.63) is 16.0 Å². The lowest BCUT2D eigenvalue weighted by Crippen LogP contribution is -2.16. The van der Waals surface area contributed by atoms with Crippen LogP contribution >= 0.6 is 15.9 Å². The van der Waals surface area contributed by atoms with Crippen LogP contribution in [-0.2, 0) is 0 Å². The van der Waals surface area contributed by atoms with E-state index in [0.717, 1.165) is 21.8 Å². The average molecular weight is 274 g/mol. The lowest BCUT2D eigenvalue weighted by Gasteiger charge is -2.12. The Hall–Kier alpha value is -0.680. The number of aryl methyl sites for hydroxylation is 2. The fourth-order valence-corrected chi connectivity index (χ4v) is 1.47. The number of nitrogens with zero attached hydrogens (tertiary/aromatic N) is 2. The maximum absolute atomic E-state index is 8.91. The molecule has 0 bridgehead atoms. The standard InChI is InChI=1S/C10H16BrN3O/c1-6(5-15)4-12-10-9(11)7(2)13-8(3)14-10/h6,15H,4-5H2,1-3H3,(H,12,13,14). The van der Waals surface area contributed by atoms with Crippen molar-refractivity contribution in [3.8, 4) is 0 Å². The van der Waals surface area contributed by atoms with E-state index in [1.165, 1.54) is 0 Å². The van der Waals surface area contributed by atoms with Gasteiger partial charge in [0.2, 0.25) is 0 Å². The summed E-state index contributed by atoms with van der Waals surface area (Å²) in [7, 11) is 0. The summed E-state index contributed by atoms with van der Waals surface area (Å²) >= 11 is 3.44. The predicted octanol–water partition coefficient (Wildman–Crippen LogP) is 1.90. The molecule has 0 saturated heterocycles. The quantitative estimate of drug-likeness (QED) is 0.880. The van der Waals surface area contributed by atoms with E-state index in [4.69, 9.17) is 5.11 Å². The Kier molecular flexibility index (Phi) is 4.47. The summed E-state index contributed by atoms with van der Waals surface area (Å²) in [6, 6.07) is 0. The Morgan fingerprint density at radius 2 is 2.07 bits per heavy atom. The summed E-state index contributed by atoms with van der Waals surface area (Å²) in [5.74, 6) is 1.75. The zero-order valence-electron chi connectivity index (χ0n) is 9.21. The first kappa shape index (κ1) is 12.4. The van der Waals surface area contributed by atoms with Crippen molar-refractivity contribution in [3.63, 3.8) is 0 Å². The number of anilines is 1. The van der Waals surface area contributed by atoms with Crippen LogP contribution in [0.1, 0.15) is 18.4 Å². The largest absolute Gasteiger partial charge is 0.396 e. The second-order valence-corrected chi connectivity index (χ2v) is 4.48. The van der Waals surface area contributed by atoms with Gasteiger partial charge in [0.15, 0.2) is 0 Å². The molecule has 0 spiro atoms. The third-order valence-electron chi connectivity index (χ3n) is 2.06. The van der Waals surface area contributed by atoms with Crippen LogP contribution in [0.4, 0.5) is 5.82 Å². The molecule has 1 aromatic rings. The highest BCUT2D eigenvalue weighted by molar-refractivity contribution is 9.10.